The van der Waals surface area contributed by atoms with E-state index in [1.807, 2.05) is 0 Å². The van der Waals surface area contributed by atoms with Gasteiger partial charge in [-0.25, -0.2) is 0 Å². The Morgan fingerprint density at radius 1 is 1.00 bits per heavy atom. The van der Waals surface area contributed by atoms with Gasteiger partial charge in [-0.2, -0.15) is 0 Å². The zero-order valence-electron chi connectivity index (χ0n) is 14.0. The molecule has 0 aliphatic heterocycles. The Bertz CT molecular complexity index is 502. The molecule has 4 heteroatoms. The number of methoxy groups -OCH3 is 1. The second kappa shape index (κ2) is 9.33. The summed E-state index contributed by atoms with van der Waals surface area (Å²) in [6, 6.07) is 7.31. The monoisotopic (exact) mass is 317 g/mol. The first-order chi connectivity index (χ1) is 11.2. The van der Waals surface area contributed by atoms with Crippen LogP contribution in [0.4, 0.5) is 0 Å². The highest BCUT2D eigenvalue weighted by Gasteiger charge is 2.15. The number of carbonyl (C=O) groups is 2. The molecule has 1 aliphatic carbocycles. The van der Waals surface area contributed by atoms with Crippen molar-refractivity contribution >= 4 is 11.7 Å². The molecule has 0 spiro atoms. The van der Waals surface area contributed by atoms with Gasteiger partial charge in [-0.1, -0.05) is 32.1 Å². The predicted octanol–water partition coefficient (Wildman–Crippen LogP) is 3.89. The molecule has 1 amide bonds. The minimum atomic E-state index is -0.00237. The molecule has 0 bridgehead atoms. The summed E-state index contributed by atoms with van der Waals surface area (Å²) in [4.78, 5) is 24.2. The lowest BCUT2D eigenvalue weighted by Crippen LogP contribution is -2.35. The van der Waals surface area contributed by atoms with Crippen LogP contribution < -0.4 is 10.1 Å². The molecule has 1 aliphatic rings. The Hall–Kier alpha value is -1.84. The summed E-state index contributed by atoms with van der Waals surface area (Å²) in [6.45, 7) is 0. The van der Waals surface area contributed by atoms with Crippen LogP contribution in [0.2, 0.25) is 0 Å². The van der Waals surface area contributed by atoms with Crippen molar-refractivity contribution in [2.24, 2.45) is 0 Å². The SMILES string of the molecule is COc1ccc(C(=O)CCC(=O)NC2CCCCCCC2)cc1. The zero-order chi connectivity index (χ0) is 16.5. The third-order valence-electron chi connectivity index (χ3n) is 4.46. The smallest absolute Gasteiger partial charge is 0.220 e. The van der Waals surface area contributed by atoms with E-state index in [0.29, 0.717) is 11.6 Å². The number of amides is 1. The number of benzene rings is 1. The van der Waals surface area contributed by atoms with Crippen LogP contribution in [0.25, 0.3) is 0 Å². The Balaban J connectivity index is 1.75. The van der Waals surface area contributed by atoms with Crippen LogP contribution >= 0.6 is 0 Å². The van der Waals surface area contributed by atoms with Gasteiger partial charge in [0.25, 0.3) is 0 Å². The summed E-state index contributed by atoms with van der Waals surface area (Å²) in [5, 5.41) is 3.10. The second-order valence-electron chi connectivity index (χ2n) is 6.26. The Morgan fingerprint density at radius 3 is 2.22 bits per heavy atom. The fraction of sp³-hybridized carbons (Fsp3) is 0.579. The Labute approximate surface area is 138 Å². The number of hydrogen-bond acceptors (Lipinski definition) is 3. The van der Waals surface area contributed by atoms with Crippen molar-refractivity contribution in [2.45, 2.75) is 63.8 Å². The lowest BCUT2D eigenvalue weighted by atomic mass is 9.96. The molecule has 1 aromatic carbocycles. The normalized spacial score (nSPS) is 16.2. The third kappa shape index (κ3) is 6.05. The van der Waals surface area contributed by atoms with Gasteiger partial charge >= 0.3 is 0 Å². The molecular formula is C19H27NO3. The fourth-order valence-electron chi connectivity index (χ4n) is 3.05. The summed E-state index contributed by atoms with van der Waals surface area (Å²) in [5.41, 5.74) is 0.629. The standard InChI is InChI=1S/C19H27NO3/c1-23-17-11-9-15(10-12-17)18(21)13-14-19(22)20-16-7-5-3-2-4-6-8-16/h9-12,16H,2-8,13-14H2,1H3,(H,20,22). The van der Waals surface area contributed by atoms with E-state index in [1.54, 1.807) is 31.4 Å². The van der Waals surface area contributed by atoms with E-state index in [4.69, 9.17) is 4.74 Å². The van der Waals surface area contributed by atoms with E-state index < -0.39 is 0 Å². The van der Waals surface area contributed by atoms with Crippen molar-refractivity contribution < 1.29 is 14.3 Å². The Kier molecular flexibility index (Phi) is 7.11. The molecule has 0 atom stereocenters. The van der Waals surface area contributed by atoms with Crippen molar-refractivity contribution in [1.82, 2.24) is 5.32 Å². The largest absolute Gasteiger partial charge is 0.497 e. The van der Waals surface area contributed by atoms with Crippen molar-refractivity contribution in [1.29, 1.82) is 0 Å². The van der Waals surface area contributed by atoms with Crippen LogP contribution in [0, 0.1) is 0 Å². The molecule has 0 saturated heterocycles. The first-order valence-electron chi connectivity index (χ1n) is 8.65. The highest BCUT2D eigenvalue weighted by molar-refractivity contribution is 5.98. The molecule has 1 saturated carbocycles. The van der Waals surface area contributed by atoms with Crippen LogP contribution in [0.3, 0.4) is 0 Å². The van der Waals surface area contributed by atoms with Gasteiger partial charge in [0.1, 0.15) is 5.75 Å². The number of ketones is 1. The third-order valence-corrected chi connectivity index (χ3v) is 4.46. The van der Waals surface area contributed by atoms with E-state index in [9.17, 15) is 9.59 Å². The van der Waals surface area contributed by atoms with Crippen molar-refractivity contribution in [3.63, 3.8) is 0 Å². The number of nitrogens with one attached hydrogen (secondary N) is 1. The van der Waals surface area contributed by atoms with Crippen LogP contribution in [0.1, 0.15) is 68.1 Å². The van der Waals surface area contributed by atoms with Gasteiger partial charge in [0.05, 0.1) is 7.11 Å². The minimum Gasteiger partial charge on any atom is -0.497 e. The zero-order valence-corrected chi connectivity index (χ0v) is 14.0. The summed E-state index contributed by atoms with van der Waals surface area (Å²) in [7, 11) is 1.59. The highest BCUT2D eigenvalue weighted by Crippen LogP contribution is 2.17. The van der Waals surface area contributed by atoms with E-state index in [-0.39, 0.29) is 24.5 Å². The van der Waals surface area contributed by atoms with Gasteiger partial charge in [0.15, 0.2) is 5.78 Å². The molecular weight excluding hydrogens is 290 g/mol. The average molecular weight is 317 g/mol. The minimum absolute atomic E-state index is 0.000435. The van der Waals surface area contributed by atoms with Crippen LogP contribution in [-0.4, -0.2) is 24.8 Å². The van der Waals surface area contributed by atoms with Gasteiger partial charge in [-0.3, -0.25) is 9.59 Å². The number of Topliss-reactive ketones (excluding diaryl/α,β-unsaturated/α-hetero) is 1. The summed E-state index contributed by atoms with van der Waals surface area (Å²) >= 11 is 0. The highest BCUT2D eigenvalue weighted by atomic mass is 16.5. The molecule has 1 aromatic rings. The molecule has 1 N–H and O–H groups in total. The van der Waals surface area contributed by atoms with Gasteiger partial charge in [0, 0.05) is 24.4 Å². The van der Waals surface area contributed by atoms with Crippen LogP contribution in [0.5, 0.6) is 5.75 Å². The molecule has 0 heterocycles. The van der Waals surface area contributed by atoms with E-state index in [0.717, 1.165) is 18.6 Å². The average Bonchev–Trinajstić information content (AvgIpc) is 2.55. The van der Waals surface area contributed by atoms with Crippen molar-refractivity contribution in [3.8, 4) is 5.75 Å². The molecule has 0 radical (unpaired) electrons. The Morgan fingerprint density at radius 2 is 1.61 bits per heavy atom. The maximum atomic E-state index is 12.1. The molecule has 23 heavy (non-hydrogen) atoms. The van der Waals surface area contributed by atoms with Crippen LogP contribution in [-0.2, 0) is 4.79 Å². The maximum absolute atomic E-state index is 12.1. The van der Waals surface area contributed by atoms with Gasteiger partial charge in [-0.05, 0) is 37.1 Å². The molecule has 126 valence electrons. The van der Waals surface area contributed by atoms with E-state index >= 15 is 0 Å². The van der Waals surface area contributed by atoms with Gasteiger partial charge in [0.2, 0.25) is 5.91 Å². The van der Waals surface area contributed by atoms with E-state index in [2.05, 4.69) is 5.32 Å². The first kappa shape index (κ1) is 17.5. The molecule has 0 unspecified atom stereocenters. The first-order valence-corrected chi connectivity index (χ1v) is 8.65. The van der Waals surface area contributed by atoms with E-state index in [1.165, 1.54) is 32.1 Å². The summed E-state index contributed by atoms with van der Waals surface area (Å²) in [5.74, 6) is 0.724. The molecule has 2 rings (SSSR count). The lowest BCUT2D eigenvalue weighted by Gasteiger charge is -2.21. The van der Waals surface area contributed by atoms with Gasteiger partial charge in [-0.15, -0.1) is 0 Å². The number of hydrogen-bond donors (Lipinski definition) is 1. The van der Waals surface area contributed by atoms with Crippen LogP contribution in [0.15, 0.2) is 24.3 Å². The number of ether oxygens (including phenoxy) is 1. The second-order valence-corrected chi connectivity index (χ2v) is 6.26. The molecule has 0 aromatic heterocycles. The molecule has 1 fully saturated rings. The predicted molar refractivity (Wildman–Crippen MR) is 90.8 cm³/mol. The summed E-state index contributed by atoms with van der Waals surface area (Å²) in [6.07, 6.45) is 8.88. The topological polar surface area (TPSA) is 55.4 Å². The van der Waals surface area contributed by atoms with Crippen molar-refractivity contribution in [3.05, 3.63) is 29.8 Å². The lowest BCUT2D eigenvalue weighted by molar-refractivity contribution is -0.121. The maximum Gasteiger partial charge on any atom is 0.220 e. The fourth-order valence-corrected chi connectivity index (χ4v) is 3.05. The quantitative estimate of drug-likeness (QED) is 0.810. The number of rotatable bonds is 6. The number of carbonyl (C=O) groups excluding carboxylic acids is 2. The van der Waals surface area contributed by atoms with Crippen molar-refractivity contribution in [2.75, 3.05) is 7.11 Å². The summed E-state index contributed by atoms with van der Waals surface area (Å²) < 4.78 is 5.08. The molecule has 4 nitrogen and oxygen atoms in total. The van der Waals surface area contributed by atoms with Gasteiger partial charge < -0.3 is 10.1 Å².